The second kappa shape index (κ2) is 7.03. The first-order valence-corrected chi connectivity index (χ1v) is 10.6. The van der Waals surface area contributed by atoms with E-state index in [1.54, 1.807) is 30.3 Å². The Bertz CT molecular complexity index is 1190. The zero-order valence-electron chi connectivity index (χ0n) is 14.6. The van der Waals surface area contributed by atoms with Crippen molar-refractivity contribution < 1.29 is 21.6 Å². The van der Waals surface area contributed by atoms with E-state index in [2.05, 4.69) is 26.1 Å². The summed E-state index contributed by atoms with van der Waals surface area (Å²) in [4.78, 5) is -0.237. The topological polar surface area (TPSA) is 66.1 Å². The predicted molar refractivity (Wildman–Crippen MR) is 104 cm³/mol. The van der Waals surface area contributed by atoms with Crippen LogP contribution in [0.5, 0.6) is 0 Å². The highest BCUT2D eigenvalue weighted by Crippen LogP contribution is 2.41. The number of halogens is 4. The van der Waals surface area contributed by atoms with Gasteiger partial charge in [0, 0.05) is 16.2 Å². The van der Waals surface area contributed by atoms with Crippen LogP contribution in [0.15, 0.2) is 70.3 Å². The van der Waals surface area contributed by atoms with E-state index in [0.717, 1.165) is 28.6 Å². The molecule has 0 bridgehead atoms. The molecule has 0 saturated carbocycles. The lowest BCUT2D eigenvalue weighted by atomic mass is 9.97. The van der Waals surface area contributed by atoms with Crippen LogP contribution in [0, 0.1) is 0 Å². The van der Waals surface area contributed by atoms with Gasteiger partial charge in [-0.2, -0.15) is 18.3 Å². The van der Waals surface area contributed by atoms with Gasteiger partial charge < -0.3 is 0 Å². The predicted octanol–water partition coefficient (Wildman–Crippen LogP) is 4.96. The highest BCUT2D eigenvalue weighted by molar-refractivity contribution is 9.10. The third-order valence-corrected chi connectivity index (χ3v) is 7.07. The molecule has 2 aromatic carbocycles. The molecular formula is C19H13BrF3N3O2S. The fourth-order valence-electron chi connectivity index (χ4n) is 3.19. The van der Waals surface area contributed by atoms with Gasteiger partial charge in [0.15, 0.2) is 0 Å². The van der Waals surface area contributed by atoms with Gasteiger partial charge in [0.25, 0.3) is 10.0 Å². The summed E-state index contributed by atoms with van der Waals surface area (Å²) in [5, 5.41) is 6.81. The lowest BCUT2D eigenvalue weighted by molar-refractivity contribution is -0.137. The third kappa shape index (κ3) is 3.46. The fraction of sp³-hybridized carbons (Fsp3) is 0.105. The fourth-order valence-corrected chi connectivity index (χ4v) is 5.14. The van der Waals surface area contributed by atoms with Gasteiger partial charge in [-0.25, -0.2) is 8.42 Å². The van der Waals surface area contributed by atoms with E-state index in [-0.39, 0.29) is 4.90 Å². The molecule has 1 unspecified atom stereocenters. The van der Waals surface area contributed by atoms with Crippen molar-refractivity contribution in [2.75, 3.05) is 0 Å². The van der Waals surface area contributed by atoms with E-state index in [1.165, 1.54) is 12.4 Å². The van der Waals surface area contributed by atoms with Gasteiger partial charge >= 0.3 is 6.18 Å². The van der Waals surface area contributed by atoms with Crippen molar-refractivity contribution in [3.63, 3.8) is 0 Å². The molecule has 0 fully saturated rings. The summed E-state index contributed by atoms with van der Waals surface area (Å²) in [5.41, 5.74) is 1.06. The van der Waals surface area contributed by atoms with Crippen LogP contribution in [0.3, 0.4) is 0 Å². The Morgan fingerprint density at radius 2 is 1.72 bits per heavy atom. The van der Waals surface area contributed by atoms with E-state index in [4.69, 9.17) is 0 Å². The zero-order valence-corrected chi connectivity index (χ0v) is 17.0. The number of aromatic amines is 1. The molecule has 0 amide bonds. The number of alkyl halides is 3. The van der Waals surface area contributed by atoms with Crippen LogP contribution in [0.2, 0.25) is 0 Å². The first-order chi connectivity index (χ1) is 13.7. The Morgan fingerprint density at radius 1 is 1.03 bits per heavy atom. The largest absolute Gasteiger partial charge is 0.416 e. The first-order valence-electron chi connectivity index (χ1n) is 8.36. The summed E-state index contributed by atoms with van der Waals surface area (Å²) in [5.74, 6) is 0. The lowest BCUT2D eigenvalue weighted by Gasteiger charge is -2.33. The van der Waals surface area contributed by atoms with Crippen molar-refractivity contribution in [1.82, 2.24) is 14.5 Å². The Balaban J connectivity index is 1.82. The van der Waals surface area contributed by atoms with Gasteiger partial charge in [0.1, 0.15) is 0 Å². The second-order valence-electron chi connectivity index (χ2n) is 6.34. The average molecular weight is 484 g/mol. The molecular weight excluding hydrogens is 471 g/mol. The highest BCUT2D eigenvalue weighted by Gasteiger charge is 2.37. The number of nitrogens with zero attached hydrogens (tertiary/aromatic N) is 2. The Labute approximate surface area is 173 Å². The Morgan fingerprint density at radius 3 is 2.38 bits per heavy atom. The van der Waals surface area contributed by atoms with Gasteiger partial charge in [-0.05, 0) is 42.0 Å². The summed E-state index contributed by atoms with van der Waals surface area (Å²) in [7, 11) is -4.14. The van der Waals surface area contributed by atoms with Crippen molar-refractivity contribution in [1.29, 1.82) is 0 Å². The molecule has 4 rings (SSSR count). The Kier molecular flexibility index (Phi) is 4.78. The number of sulfonamides is 1. The third-order valence-electron chi connectivity index (χ3n) is 4.59. The molecule has 1 atom stereocenters. The van der Waals surface area contributed by atoms with E-state index < -0.39 is 27.8 Å². The van der Waals surface area contributed by atoms with Crippen molar-refractivity contribution in [3.05, 3.63) is 87.8 Å². The van der Waals surface area contributed by atoms with Crippen molar-refractivity contribution >= 4 is 32.0 Å². The number of rotatable bonds is 3. The van der Waals surface area contributed by atoms with Crippen LogP contribution in [0.25, 0.3) is 6.08 Å². The quantitative estimate of drug-likeness (QED) is 0.572. The summed E-state index contributed by atoms with van der Waals surface area (Å²) in [6, 6.07) is 9.86. The van der Waals surface area contributed by atoms with Crippen molar-refractivity contribution in [3.8, 4) is 0 Å². The molecule has 0 spiro atoms. The molecule has 150 valence electrons. The average Bonchev–Trinajstić information content (AvgIpc) is 3.16. The van der Waals surface area contributed by atoms with Crippen LogP contribution >= 0.6 is 15.9 Å². The molecule has 0 radical (unpaired) electrons. The molecule has 5 nitrogen and oxygen atoms in total. The zero-order chi connectivity index (χ0) is 20.8. The highest BCUT2D eigenvalue weighted by atomic mass is 79.9. The maximum absolute atomic E-state index is 13.3. The minimum Gasteiger partial charge on any atom is -0.278 e. The number of nitrogens with one attached hydrogen (secondary N) is 1. The molecule has 2 heterocycles. The first kappa shape index (κ1) is 19.7. The maximum Gasteiger partial charge on any atom is 0.416 e. The number of hydrogen-bond donors (Lipinski definition) is 1. The molecule has 10 heteroatoms. The maximum atomic E-state index is 13.3. The SMILES string of the molecule is O=S(=O)(c1ccc(C(F)(F)F)cc1)N1C=Cc2[nH]ncc2C1c1ccccc1Br. The van der Waals surface area contributed by atoms with E-state index in [9.17, 15) is 21.6 Å². The van der Waals surface area contributed by atoms with E-state index in [0.29, 0.717) is 21.3 Å². The van der Waals surface area contributed by atoms with Gasteiger partial charge in [0.2, 0.25) is 0 Å². The van der Waals surface area contributed by atoms with Crippen molar-refractivity contribution in [2.45, 2.75) is 17.1 Å². The Hall–Kier alpha value is -2.59. The minimum absolute atomic E-state index is 0.237. The standard InChI is InChI=1S/C19H13BrF3N3O2S/c20-16-4-2-1-3-14(16)18-15-11-24-25-17(15)9-10-26(18)29(27,28)13-7-5-12(6-8-13)19(21,22)23/h1-11,18H,(H,24,25). The van der Waals surface area contributed by atoms with Crippen LogP contribution in [-0.2, 0) is 16.2 Å². The van der Waals surface area contributed by atoms with Crippen LogP contribution < -0.4 is 0 Å². The molecule has 1 N–H and O–H groups in total. The van der Waals surface area contributed by atoms with Gasteiger partial charge in [-0.1, -0.05) is 34.1 Å². The van der Waals surface area contributed by atoms with E-state index >= 15 is 0 Å². The smallest absolute Gasteiger partial charge is 0.278 e. The van der Waals surface area contributed by atoms with E-state index in [1.807, 2.05) is 0 Å². The monoisotopic (exact) mass is 483 g/mol. The molecule has 1 aliphatic heterocycles. The summed E-state index contributed by atoms with van der Waals surface area (Å²) in [6.07, 6.45) is -0.0520. The molecule has 29 heavy (non-hydrogen) atoms. The summed E-state index contributed by atoms with van der Waals surface area (Å²) >= 11 is 3.45. The number of H-pyrrole nitrogens is 1. The number of hydrogen-bond acceptors (Lipinski definition) is 3. The minimum atomic E-state index is -4.55. The molecule has 0 aliphatic carbocycles. The number of fused-ring (bicyclic) bond motifs is 1. The molecule has 1 aliphatic rings. The number of benzene rings is 2. The van der Waals surface area contributed by atoms with Crippen molar-refractivity contribution in [2.24, 2.45) is 0 Å². The summed E-state index contributed by atoms with van der Waals surface area (Å²) in [6.45, 7) is 0. The molecule has 3 aromatic rings. The second-order valence-corrected chi connectivity index (χ2v) is 9.03. The van der Waals surface area contributed by atoms with Gasteiger partial charge in [-0.3, -0.25) is 9.40 Å². The lowest BCUT2D eigenvalue weighted by Crippen LogP contribution is -2.33. The van der Waals surface area contributed by atoms with Gasteiger partial charge in [0.05, 0.1) is 28.4 Å². The van der Waals surface area contributed by atoms with Gasteiger partial charge in [-0.15, -0.1) is 0 Å². The van der Waals surface area contributed by atoms with Crippen LogP contribution in [0.4, 0.5) is 13.2 Å². The number of aromatic nitrogens is 2. The summed E-state index contributed by atoms with van der Waals surface area (Å²) < 4.78 is 67.0. The normalized spacial score (nSPS) is 16.7. The molecule has 0 saturated heterocycles. The van der Waals surface area contributed by atoms with Crippen LogP contribution in [-0.4, -0.2) is 22.9 Å². The van der Waals surface area contributed by atoms with Crippen LogP contribution in [0.1, 0.15) is 28.4 Å². The molecule has 1 aromatic heterocycles.